The van der Waals surface area contributed by atoms with Gasteiger partial charge in [0.05, 0.1) is 6.61 Å². The molecule has 0 spiro atoms. The molecule has 16 heavy (non-hydrogen) atoms. The van der Waals surface area contributed by atoms with Crippen molar-refractivity contribution in [1.29, 1.82) is 0 Å². The summed E-state index contributed by atoms with van der Waals surface area (Å²) < 4.78 is 31.3. The van der Waals surface area contributed by atoms with Gasteiger partial charge in [0, 0.05) is 6.07 Å². The highest BCUT2D eigenvalue weighted by molar-refractivity contribution is 5.24. The van der Waals surface area contributed by atoms with E-state index in [0.717, 1.165) is 18.9 Å². The van der Waals surface area contributed by atoms with Gasteiger partial charge in [-0.25, -0.2) is 8.78 Å². The summed E-state index contributed by atoms with van der Waals surface area (Å²) in [6.07, 6.45) is 6.08. The molecule has 1 aromatic carbocycles. The summed E-state index contributed by atoms with van der Waals surface area (Å²) in [7, 11) is 0. The molecule has 88 valence electrons. The number of hydrogen-bond donors (Lipinski definition) is 0. The van der Waals surface area contributed by atoms with Crippen molar-refractivity contribution in [1.82, 2.24) is 0 Å². The van der Waals surface area contributed by atoms with Crippen LogP contribution in [0.3, 0.4) is 0 Å². The highest BCUT2D eigenvalue weighted by Crippen LogP contribution is 2.25. The third-order valence-corrected chi connectivity index (χ3v) is 3.09. The van der Waals surface area contributed by atoms with Crippen molar-refractivity contribution in [2.75, 3.05) is 6.61 Å². The van der Waals surface area contributed by atoms with Gasteiger partial charge in [0.2, 0.25) is 0 Å². The minimum absolute atomic E-state index is 0.159. The Balaban J connectivity index is 1.88. The molecule has 3 heteroatoms. The van der Waals surface area contributed by atoms with Crippen LogP contribution in [0.25, 0.3) is 0 Å². The van der Waals surface area contributed by atoms with Crippen LogP contribution in [0.2, 0.25) is 0 Å². The molecule has 0 amide bonds. The SMILES string of the molecule is Fc1ccc(OCC2CCCCC2)c(F)c1. The summed E-state index contributed by atoms with van der Waals surface area (Å²) in [6.45, 7) is 0.544. The van der Waals surface area contributed by atoms with Crippen molar-refractivity contribution in [2.45, 2.75) is 32.1 Å². The fourth-order valence-electron chi connectivity index (χ4n) is 2.15. The Kier molecular flexibility index (Phi) is 3.75. The van der Waals surface area contributed by atoms with E-state index >= 15 is 0 Å². The van der Waals surface area contributed by atoms with E-state index in [0.29, 0.717) is 12.5 Å². The smallest absolute Gasteiger partial charge is 0.167 e. The molecule has 1 saturated carbocycles. The molecule has 2 rings (SSSR count). The van der Waals surface area contributed by atoms with Crippen LogP contribution in [0.15, 0.2) is 18.2 Å². The summed E-state index contributed by atoms with van der Waals surface area (Å²) in [5, 5.41) is 0. The summed E-state index contributed by atoms with van der Waals surface area (Å²) in [5.41, 5.74) is 0. The van der Waals surface area contributed by atoms with Crippen molar-refractivity contribution in [2.24, 2.45) is 5.92 Å². The monoisotopic (exact) mass is 226 g/mol. The molecule has 1 fully saturated rings. The Morgan fingerprint density at radius 2 is 1.88 bits per heavy atom. The van der Waals surface area contributed by atoms with Crippen LogP contribution in [0.5, 0.6) is 5.75 Å². The maximum absolute atomic E-state index is 13.2. The average Bonchev–Trinajstić information content (AvgIpc) is 2.29. The summed E-state index contributed by atoms with van der Waals surface area (Å²) in [6, 6.07) is 3.43. The van der Waals surface area contributed by atoms with Gasteiger partial charge in [-0.1, -0.05) is 19.3 Å². The van der Waals surface area contributed by atoms with Gasteiger partial charge < -0.3 is 4.74 Å². The molecule has 1 aliphatic carbocycles. The Morgan fingerprint density at radius 1 is 1.12 bits per heavy atom. The second-order valence-corrected chi connectivity index (χ2v) is 4.39. The second-order valence-electron chi connectivity index (χ2n) is 4.39. The second kappa shape index (κ2) is 5.28. The van der Waals surface area contributed by atoms with Crippen LogP contribution in [0.1, 0.15) is 32.1 Å². The van der Waals surface area contributed by atoms with Gasteiger partial charge in [0.25, 0.3) is 0 Å². The first-order valence-electron chi connectivity index (χ1n) is 5.83. The number of ether oxygens (including phenoxy) is 1. The topological polar surface area (TPSA) is 9.23 Å². The van der Waals surface area contributed by atoms with E-state index in [-0.39, 0.29) is 5.75 Å². The Labute approximate surface area is 94.4 Å². The lowest BCUT2D eigenvalue weighted by Crippen LogP contribution is -2.15. The standard InChI is InChI=1S/C13H16F2O/c14-11-6-7-13(12(15)8-11)16-9-10-4-2-1-3-5-10/h6-8,10H,1-5,9H2. The number of hydrogen-bond acceptors (Lipinski definition) is 1. The van der Waals surface area contributed by atoms with E-state index in [1.807, 2.05) is 0 Å². The molecule has 0 bridgehead atoms. The zero-order valence-corrected chi connectivity index (χ0v) is 9.22. The lowest BCUT2D eigenvalue weighted by atomic mass is 9.90. The minimum Gasteiger partial charge on any atom is -0.490 e. The van der Waals surface area contributed by atoms with E-state index in [2.05, 4.69) is 0 Å². The van der Waals surface area contributed by atoms with Crippen molar-refractivity contribution in [3.05, 3.63) is 29.8 Å². The van der Waals surface area contributed by atoms with Crippen molar-refractivity contribution in [3.63, 3.8) is 0 Å². The first kappa shape index (κ1) is 11.4. The van der Waals surface area contributed by atoms with Gasteiger partial charge in [-0.3, -0.25) is 0 Å². The maximum atomic E-state index is 13.2. The van der Waals surface area contributed by atoms with E-state index < -0.39 is 11.6 Å². The molecular weight excluding hydrogens is 210 g/mol. The molecule has 0 aliphatic heterocycles. The van der Waals surface area contributed by atoms with Gasteiger partial charge >= 0.3 is 0 Å². The Morgan fingerprint density at radius 3 is 2.56 bits per heavy atom. The van der Waals surface area contributed by atoms with Crippen molar-refractivity contribution < 1.29 is 13.5 Å². The van der Waals surface area contributed by atoms with Gasteiger partial charge in [-0.15, -0.1) is 0 Å². The molecule has 0 N–H and O–H groups in total. The van der Waals surface area contributed by atoms with Crippen LogP contribution in [-0.4, -0.2) is 6.61 Å². The third kappa shape index (κ3) is 2.94. The molecule has 0 saturated heterocycles. The van der Waals surface area contributed by atoms with Crippen LogP contribution in [0, 0.1) is 17.6 Å². The number of benzene rings is 1. The zero-order valence-electron chi connectivity index (χ0n) is 9.22. The Bertz CT molecular complexity index is 346. The van der Waals surface area contributed by atoms with Crippen molar-refractivity contribution >= 4 is 0 Å². The maximum Gasteiger partial charge on any atom is 0.167 e. The first-order chi connectivity index (χ1) is 7.75. The third-order valence-electron chi connectivity index (χ3n) is 3.09. The number of halogens is 2. The number of rotatable bonds is 3. The average molecular weight is 226 g/mol. The van der Waals surface area contributed by atoms with Crippen LogP contribution in [-0.2, 0) is 0 Å². The highest BCUT2D eigenvalue weighted by atomic mass is 19.1. The van der Waals surface area contributed by atoms with E-state index in [1.54, 1.807) is 0 Å². The lowest BCUT2D eigenvalue weighted by molar-refractivity contribution is 0.202. The predicted octanol–water partition coefficient (Wildman–Crippen LogP) is 3.92. The summed E-state index contributed by atoms with van der Waals surface area (Å²) in [4.78, 5) is 0. The van der Waals surface area contributed by atoms with Crippen molar-refractivity contribution in [3.8, 4) is 5.75 Å². The molecular formula is C13H16F2O. The zero-order chi connectivity index (χ0) is 11.4. The van der Waals surface area contributed by atoms with Gasteiger partial charge in [-0.2, -0.15) is 0 Å². The lowest BCUT2D eigenvalue weighted by Gasteiger charge is -2.21. The van der Waals surface area contributed by atoms with Crippen LogP contribution < -0.4 is 4.74 Å². The largest absolute Gasteiger partial charge is 0.490 e. The van der Waals surface area contributed by atoms with Gasteiger partial charge in [-0.05, 0) is 30.9 Å². The van der Waals surface area contributed by atoms with Gasteiger partial charge in [0.15, 0.2) is 11.6 Å². The van der Waals surface area contributed by atoms with E-state index in [1.165, 1.54) is 31.4 Å². The molecule has 1 aliphatic rings. The minimum atomic E-state index is -0.615. The molecule has 0 radical (unpaired) electrons. The summed E-state index contributed by atoms with van der Waals surface area (Å²) in [5.74, 6) is -0.497. The molecule has 1 aromatic rings. The van der Waals surface area contributed by atoms with E-state index in [4.69, 9.17) is 4.74 Å². The highest BCUT2D eigenvalue weighted by Gasteiger charge is 2.15. The molecule has 0 unspecified atom stereocenters. The van der Waals surface area contributed by atoms with E-state index in [9.17, 15) is 8.78 Å². The van der Waals surface area contributed by atoms with Gasteiger partial charge in [0.1, 0.15) is 5.82 Å². The van der Waals surface area contributed by atoms with Crippen LogP contribution >= 0.6 is 0 Å². The molecule has 1 nitrogen and oxygen atoms in total. The fourth-order valence-corrected chi connectivity index (χ4v) is 2.15. The molecule has 0 heterocycles. The molecule has 0 aromatic heterocycles. The summed E-state index contributed by atoms with van der Waals surface area (Å²) >= 11 is 0. The first-order valence-corrected chi connectivity index (χ1v) is 5.83. The van der Waals surface area contributed by atoms with Crippen LogP contribution in [0.4, 0.5) is 8.78 Å². The normalized spacial score (nSPS) is 17.4. The fraction of sp³-hybridized carbons (Fsp3) is 0.538. The Hall–Kier alpha value is -1.12. The molecule has 0 atom stereocenters. The quantitative estimate of drug-likeness (QED) is 0.759. The predicted molar refractivity (Wildman–Crippen MR) is 58.4 cm³/mol.